The standard InChI is InChI=1S/C18H13FN4O3/c19-13-3-1-2-4-14(13)24-9-15-21-22-17(25-15)11-7-12-16(10-5-6-10)23-26-18(12)20-8-11/h1-4,7-8,10H,5-6,9H2. The molecule has 130 valence electrons. The first-order valence-corrected chi connectivity index (χ1v) is 8.23. The Labute approximate surface area is 146 Å². The van der Waals surface area contributed by atoms with Gasteiger partial charge in [0.2, 0.25) is 5.89 Å². The first kappa shape index (κ1) is 15.0. The van der Waals surface area contributed by atoms with Crippen molar-refractivity contribution in [3.63, 3.8) is 0 Å². The van der Waals surface area contributed by atoms with Crippen molar-refractivity contribution in [2.45, 2.75) is 25.4 Å². The van der Waals surface area contributed by atoms with Gasteiger partial charge >= 0.3 is 0 Å². The molecule has 5 rings (SSSR count). The fourth-order valence-corrected chi connectivity index (χ4v) is 2.75. The SMILES string of the molecule is Fc1ccccc1OCc1nnc(-c2cnc3onc(C4CC4)c3c2)o1. The van der Waals surface area contributed by atoms with E-state index in [4.69, 9.17) is 13.7 Å². The number of fused-ring (bicyclic) bond motifs is 1. The third-order valence-electron chi connectivity index (χ3n) is 4.22. The van der Waals surface area contributed by atoms with Crippen molar-refractivity contribution in [2.24, 2.45) is 0 Å². The van der Waals surface area contributed by atoms with Crippen molar-refractivity contribution in [1.82, 2.24) is 20.3 Å². The zero-order valence-corrected chi connectivity index (χ0v) is 13.6. The molecule has 1 fully saturated rings. The minimum absolute atomic E-state index is 0.0236. The number of hydrogen-bond acceptors (Lipinski definition) is 7. The summed E-state index contributed by atoms with van der Waals surface area (Å²) in [5, 5.41) is 12.9. The Morgan fingerprint density at radius 3 is 2.92 bits per heavy atom. The summed E-state index contributed by atoms with van der Waals surface area (Å²) >= 11 is 0. The molecule has 26 heavy (non-hydrogen) atoms. The van der Waals surface area contributed by atoms with E-state index in [1.165, 1.54) is 12.1 Å². The second kappa shape index (κ2) is 5.91. The van der Waals surface area contributed by atoms with Gasteiger partial charge in [-0.3, -0.25) is 0 Å². The highest BCUT2D eigenvalue weighted by Gasteiger charge is 2.29. The maximum atomic E-state index is 13.6. The predicted molar refractivity (Wildman–Crippen MR) is 87.8 cm³/mol. The molecule has 0 amide bonds. The summed E-state index contributed by atoms with van der Waals surface area (Å²) in [6, 6.07) is 8.04. The van der Waals surface area contributed by atoms with Crippen LogP contribution in [0.15, 0.2) is 45.5 Å². The fourth-order valence-electron chi connectivity index (χ4n) is 2.75. The molecule has 1 aromatic carbocycles. The fraction of sp³-hybridized carbons (Fsp3) is 0.222. The van der Waals surface area contributed by atoms with Crippen LogP contribution in [0.4, 0.5) is 4.39 Å². The Bertz CT molecular complexity index is 1090. The highest BCUT2D eigenvalue weighted by Crippen LogP contribution is 2.42. The quantitative estimate of drug-likeness (QED) is 0.539. The summed E-state index contributed by atoms with van der Waals surface area (Å²) in [4.78, 5) is 4.27. The molecule has 3 heterocycles. The average Bonchev–Trinajstić information content (AvgIpc) is 3.24. The van der Waals surface area contributed by atoms with Crippen LogP contribution in [0.3, 0.4) is 0 Å². The van der Waals surface area contributed by atoms with E-state index in [1.54, 1.807) is 18.3 Å². The summed E-state index contributed by atoms with van der Waals surface area (Å²) in [7, 11) is 0. The van der Waals surface area contributed by atoms with Crippen molar-refractivity contribution in [2.75, 3.05) is 0 Å². The summed E-state index contributed by atoms with van der Waals surface area (Å²) in [5.74, 6) is 0.696. The van der Waals surface area contributed by atoms with Gasteiger partial charge in [0.15, 0.2) is 18.2 Å². The molecule has 1 aliphatic carbocycles. The normalized spacial score (nSPS) is 14.0. The van der Waals surface area contributed by atoms with Gasteiger partial charge in [-0.1, -0.05) is 17.3 Å². The van der Waals surface area contributed by atoms with E-state index < -0.39 is 5.82 Å². The van der Waals surface area contributed by atoms with E-state index in [1.807, 2.05) is 6.07 Å². The largest absolute Gasteiger partial charge is 0.481 e. The van der Waals surface area contributed by atoms with Gasteiger partial charge in [0.1, 0.15) is 0 Å². The molecule has 0 atom stereocenters. The second-order valence-corrected chi connectivity index (χ2v) is 6.14. The van der Waals surface area contributed by atoms with Gasteiger partial charge < -0.3 is 13.7 Å². The molecular weight excluding hydrogens is 339 g/mol. The van der Waals surface area contributed by atoms with Crippen molar-refractivity contribution in [3.8, 4) is 17.2 Å². The van der Waals surface area contributed by atoms with Crippen LogP contribution in [-0.4, -0.2) is 20.3 Å². The molecule has 8 heteroatoms. The van der Waals surface area contributed by atoms with Crippen molar-refractivity contribution < 1.29 is 18.1 Å². The number of benzene rings is 1. The average molecular weight is 352 g/mol. The number of hydrogen-bond donors (Lipinski definition) is 0. The minimum atomic E-state index is -0.443. The highest BCUT2D eigenvalue weighted by atomic mass is 19.1. The van der Waals surface area contributed by atoms with E-state index in [2.05, 4.69) is 20.3 Å². The number of rotatable bonds is 5. The molecule has 7 nitrogen and oxygen atoms in total. The molecule has 1 aliphatic rings. The zero-order chi connectivity index (χ0) is 17.5. The van der Waals surface area contributed by atoms with Crippen molar-refractivity contribution in [3.05, 3.63) is 53.9 Å². The molecule has 4 aromatic rings. The molecule has 3 aromatic heterocycles. The maximum Gasteiger partial charge on any atom is 0.257 e. The highest BCUT2D eigenvalue weighted by molar-refractivity contribution is 5.81. The van der Waals surface area contributed by atoms with Crippen LogP contribution in [0.25, 0.3) is 22.6 Å². The van der Waals surface area contributed by atoms with Crippen LogP contribution in [0.1, 0.15) is 30.3 Å². The van der Waals surface area contributed by atoms with E-state index in [9.17, 15) is 4.39 Å². The van der Waals surface area contributed by atoms with Gasteiger partial charge in [0, 0.05) is 12.1 Å². The first-order valence-electron chi connectivity index (χ1n) is 8.23. The molecule has 0 aliphatic heterocycles. The van der Waals surface area contributed by atoms with Crippen molar-refractivity contribution >= 4 is 11.1 Å². The second-order valence-electron chi connectivity index (χ2n) is 6.14. The number of ether oxygens (including phenoxy) is 1. The summed E-state index contributed by atoms with van der Waals surface area (Å²) in [5.41, 5.74) is 2.10. The predicted octanol–water partition coefficient (Wildman–Crippen LogP) is 3.87. The molecule has 0 bridgehead atoms. The van der Waals surface area contributed by atoms with Gasteiger partial charge in [-0.15, -0.1) is 10.2 Å². The lowest BCUT2D eigenvalue weighted by Gasteiger charge is -2.03. The van der Waals surface area contributed by atoms with Gasteiger partial charge in [0.05, 0.1) is 16.6 Å². The van der Waals surface area contributed by atoms with Crippen LogP contribution in [0.5, 0.6) is 5.75 Å². The van der Waals surface area contributed by atoms with Crippen LogP contribution < -0.4 is 4.74 Å². The van der Waals surface area contributed by atoms with Gasteiger partial charge in [0.25, 0.3) is 11.6 Å². The lowest BCUT2D eigenvalue weighted by atomic mass is 10.1. The molecule has 0 radical (unpaired) electrons. The van der Waals surface area contributed by atoms with Crippen molar-refractivity contribution in [1.29, 1.82) is 0 Å². The lowest BCUT2D eigenvalue weighted by molar-refractivity contribution is 0.253. The summed E-state index contributed by atoms with van der Waals surface area (Å²) in [6.07, 6.45) is 3.83. The Kier molecular flexibility index (Phi) is 3.41. The van der Waals surface area contributed by atoms with E-state index >= 15 is 0 Å². The molecule has 1 saturated carbocycles. The number of para-hydroxylation sites is 1. The first-order chi connectivity index (χ1) is 12.8. The van der Waals surface area contributed by atoms with Gasteiger partial charge in [-0.25, -0.2) is 9.37 Å². The molecule has 0 N–H and O–H groups in total. The number of halogens is 1. The van der Waals surface area contributed by atoms with E-state index in [-0.39, 0.29) is 18.2 Å². The Balaban J connectivity index is 1.38. The molecular formula is C18H13FN4O3. The smallest absolute Gasteiger partial charge is 0.257 e. The van der Waals surface area contributed by atoms with Crippen LogP contribution in [0, 0.1) is 5.82 Å². The monoisotopic (exact) mass is 352 g/mol. The Hall–Kier alpha value is -3.29. The van der Waals surface area contributed by atoms with E-state index in [0.717, 1.165) is 23.9 Å². The van der Waals surface area contributed by atoms with Gasteiger partial charge in [-0.05, 0) is 31.0 Å². The topological polar surface area (TPSA) is 87.1 Å². The van der Waals surface area contributed by atoms with Crippen LogP contribution >= 0.6 is 0 Å². The lowest BCUT2D eigenvalue weighted by Crippen LogP contribution is -1.97. The Morgan fingerprint density at radius 1 is 1.19 bits per heavy atom. The summed E-state index contributed by atoms with van der Waals surface area (Å²) < 4.78 is 29.8. The minimum Gasteiger partial charge on any atom is -0.481 e. The van der Waals surface area contributed by atoms with Gasteiger partial charge in [-0.2, -0.15) is 0 Å². The molecule has 0 saturated heterocycles. The number of pyridine rings is 1. The van der Waals surface area contributed by atoms with Crippen LogP contribution in [0.2, 0.25) is 0 Å². The van der Waals surface area contributed by atoms with E-state index in [0.29, 0.717) is 23.1 Å². The molecule has 0 unspecified atom stereocenters. The van der Waals surface area contributed by atoms with Crippen LogP contribution in [-0.2, 0) is 6.61 Å². The third-order valence-corrected chi connectivity index (χ3v) is 4.22. The zero-order valence-electron chi connectivity index (χ0n) is 13.6. The Morgan fingerprint density at radius 2 is 2.08 bits per heavy atom. The number of nitrogens with zero attached hydrogens (tertiary/aromatic N) is 4. The third kappa shape index (κ3) is 2.69. The number of aromatic nitrogens is 4. The summed E-state index contributed by atoms with van der Waals surface area (Å²) in [6.45, 7) is -0.0236. The molecule has 0 spiro atoms. The maximum absolute atomic E-state index is 13.6.